The van der Waals surface area contributed by atoms with Crippen LogP contribution in [0, 0.1) is 0 Å². The lowest BCUT2D eigenvalue weighted by molar-refractivity contribution is 0.315. The molecule has 21 heavy (non-hydrogen) atoms. The van der Waals surface area contributed by atoms with Crippen molar-refractivity contribution in [1.29, 1.82) is 0 Å². The maximum Gasteiger partial charge on any atom is 0.185 e. The van der Waals surface area contributed by atoms with Crippen molar-refractivity contribution >= 4 is 16.5 Å². The number of likely N-dealkylation sites (N-methyl/N-ethyl adjacent to an activating group) is 1. The fourth-order valence-electron chi connectivity index (χ4n) is 3.00. The van der Waals surface area contributed by atoms with Crippen molar-refractivity contribution in [3.8, 4) is 0 Å². The van der Waals surface area contributed by atoms with Crippen LogP contribution in [-0.4, -0.2) is 49.7 Å². The average Bonchev–Trinajstić information content (AvgIpc) is 3.03. The van der Waals surface area contributed by atoms with E-state index in [1.54, 1.807) is 0 Å². The molecular formula is C16H28N4S. The lowest BCUT2D eigenvalue weighted by atomic mass is 10.2. The summed E-state index contributed by atoms with van der Waals surface area (Å²) in [6, 6.07) is 0.681. The van der Waals surface area contributed by atoms with Crippen LogP contribution in [0.1, 0.15) is 49.1 Å². The van der Waals surface area contributed by atoms with Crippen LogP contribution in [-0.2, 0) is 6.54 Å². The predicted molar refractivity (Wildman–Crippen MR) is 90.4 cm³/mol. The van der Waals surface area contributed by atoms with Crippen LogP contribution in [0.4, 0.5) is 5.13 Å². The second kappa shape index (κ2) is 6.63. The molecular weight excluding hydrogens is 280 g/mol. The van der Waals surface area contributed by atoms with Gasteiger partial charge in [0, 0.05) is 36.5 Å². The minimum atomic E-state index is 0.681. The van der Waals surface area contributed by atoms with E-state index in [1.807, 2.05) is 11.3 Å². The highest BCUT2D eigenvalue weighted by molar-refractivity contribution is 7.15. The molecule has 0 radical (unpaired) electrons. The van der Waals surface area contributed by atoms with Crippen molar-refractivity contribution in [2.75, 3.05) is 38.6 Å². The molecule has 0 spiro atoms. The first-order valence-corrected chi connectivity index (χ1v) is 9.12. The summed E-state index contributed by atoms with van der Waals surface area (Å²) in [5.41, 5.74) is 1.40. The van der Waals surface area contributed by atoms with Gasteiger partial charge in [-0.25, -0.2) is 4.98 Å². The summed E-state index contributed by atoms with van der Waals surface area (Å²) in [6.45, 7) is 6.61. The van der Waals surface area contributed by atoms with Gasteiger partial charge in [0.1, 0.15) is 0 Å². The molecule has 0 amide bonds. The van der Waals surface area contributed by atoms with E-state index < -0.39 is 0 Å². The van der Waals surface area contributed by atoms with Crippen molar-refractivity contribution < 1.29 is 0 Å². The number of nitrogens with one attached hydrogen (secondary N) is 1. The van der Waals surface area contributed by atoms with Crippen LogP contribution in [0.25, 0.3) is 0 Å². The number of rotatable bonds is 7. The van der Waals surface area contributed by atoms with E-state index in [-0.39, 0.29) is 0 Å². The Kier molecular flexibility index (Phi) is 4.82. The van der Waals surface area contributed by atoms with E-state index in [4.69, 9.17) is 4.98 Å². The Morgan fingerprint density at radius 2 is 2.14 bits per heavy atom. The smallest absolute Gasteiger partial charge is 0.185 e. The molecule has 1 saturated heterocycles. The lowest BCUT2D eigenvalue weighted by Crippen LogP contribution is -2.31. The number of hydrogen-bond donors (Lipinski definition) is 1. The third kappa shape index (κ3) is 3.58. The Labute approximate surface area is 132 Å². The summed E-state index contributed by atoms with van der Waals surface area (Å²) in [6.07, 6.45) is 5.13. The molecule has 2 heterocycles. The zero-order chi connectivity index (χ0) is 14.8. The standard InChI is InChI=1S/C16H28N4S/c1-4-8-17-10-14-15(12-5-6-12)18-16(21-14)20-9-7-13(11-20)19(2)3/h12-13,17H,4-11H2,1-3H3. The van der Waals surface area contributed by atoms with Gasteiger partial charge in [0.05, 0.1) is 5.69 Å². The van der Waals surface area contributed by atoms with Crippen LogP contribution in [0.3, 0.4) is 0 Å². The molecule has 2 fully saturated rings. The third-order valence-electron chi connectivity index (χ3n) is 4.56. The SMILES string of the molecule is CCCNCc1sc(N2CCC(N(C)C)C2)nc1C1CC1. The van der Waals surface area contributed by atoms with Crippen LogP contribution in [0.5, 0.6) is 0 Å². The molecule has 4 nitrogen and oxygen atoms in total. The van der Waals surface area contributed by atoms with Gasteiger partial charge in [-0.05, 0) is 46.3 Å². The maximum absolute atomic E-state index is 5.01. The van der Waals surface area contributed by atoms with Gasteiger partial charge in [-0.2, -0.15) is 0 Å². The van der Waals surface area contributed by atoms with Crippen LogP contribution < -0.4 is 10.2 Å². The first kappa shape index (κ1) is 15.3. The summed E-state index contributed by atoms with van der Waals surface area (Å²) < 4.78 is 0. The molecule has 1 aliphatic carbocycles. The predicted octanol–water partition coefficient (Wildman–Crippen LogP) is 2.66. The molecule has 0 bridgehead atoms. The molecule has 2 aliphatic rings. The normalized spacial score (nSPS) is 22.5. The molecule has 0 aromatic carbocycles. The van der Waals surface area contributed by atoms with Crippen molar-refractivity contribution in [3.05, 3.63) is 10.6 Å². The number of thiazole rings is 1. The van der Waals surface area contributed by atoms with Gasteiger partial charge in [-0.1, -0.05) is 6.92 Å². The highest BCUT2D eigenvalue weighted by Gasteiger charge is 2.32. The minimum Gasteiger partial charge on any atom is -0.346 e. The average molecular weight is 308 g/mol. The molecule has 3 rings (SSSR count). The Morgan fingerprint density at radius 3 is 2.76 bits per heavy atom. The third-order valence-corrected chi connectivity index (χ3v) is 5.69. The number of hydrogen-bond acceptors (Lipinski definition) is 5. The largest absolute Gasteiger partial charge is 0.346 e. The van der Waals surface area contributed by atoms with Crippen LogP contribution in [0.2, 0.25) is 0 Å². The molecule has 1 aliphatic heterocycles. The van der Waals surface area contributed by atoms with Gasteiger partial charge in [0.25, 0.3) is 0 Å². The Hall–Kier alpha value is -0.650. The van der Waals surface area contributed by atoms with Gasteiger partial charge >= 0.3 is 0 Å². The highest BCUT2D eigenvalue weighted by atomic mass is 32.1. The fourth-order valence-corrected chi connectivity index (χ4v) is 4.15. The first-order valence-electron chi connectivity index (χ1n) is 8.30. The zero-order valence-corrected chi connectivity index (χ0v) is 14.4. The van der Waals surface area contributed by atoms with Crippen LogP contribution >= 0.6 is 11.3 Å². The molecule has 1 unspecified atom stereocenters. The van der Waals surface area contributed by atoms with E-state index in [1.165, 1.54) is 41.4 Å². The van der Waals surface area contributed by atoms with Gasteiger partial charge in [0.2, 0.25) is 0 Å². The quantitative estimate of drug-likeness (QED) is 0.785. The van der Waals surface area contributed by atoms with Crippen molar-refractivity contribution in [3.63, 3.8) is 0 Å². The zero-order valence-electron chi connectivity index (χ0n) is 13.6. The van der Waals surface area contributed by atoms with Gasteiger partial charge < -0.3 is 15.1 Å². The minimum absolute atomic E-state index is 0.681. The number of anilines is 1. The van der Waals surface area contributed by atoms with Crippen molar-refractivity contribution in [2.45, 2.75) is 51.1 Å². The molecule has 5 heteroatoms. The van der Waals surface area contributed by atoms with E-state index in [9.17, 15) is 0 Å². The molecule has 1 atom stereocenters. The van der Waals surface area contributed by atoms with Gasteiger partial charge in [-0.15, -0.1) is 11.3 Å². The Balaban J connectivity index is 1.69. The monoisotopic (exact) mass is 308 g/mol. The molecule has 1 aromatic rings. The molecule has 1 saturated carbocycles. The highest BCUT2D eigenvalue weighted by Crippen LogP contribution is 2.44. The summed E-state index contributed by atoms with van der Waals surface area (Å²) in [4.78, 5) is 11.3. The van der Waals surface area contributed by atoms with Crippen LogP contribution in [0.15, 0.2) is 0 Å². The lowest BCUT2D eigenvalue weighted by Gasteiger charge is -2.19. The van der Waals surface area contributed by atoms with E-state index in [2.05, 4.69) is 36.1 Å². The molecule has 118 valence electrons. The summed E-state index contributed by atoms with van der Waals surface area (Å²) >= 11 is 1.92. The second-order valence-corrected chi connectivity index (χ2v) is 7.67. The van der Waals surface area contributed by atoms with E-state index >= 15 is 0 Å². The summed E-state index contributed by atoms with van der Waals surface area (Å²) in [5, 5.41) is 4.81. The summed E-state index contributed by atoms with van der Waals surface area (Å²) in [5.74, 6) is 0.751. The summed E-state index contributed by atoms with van der Waals surface area (Å²) in [7, 11) is 4.37. The Bertz CT molecular complexity index is 467. The number of aromatic nitrogens is 1. The van der Waals surface area contributed by atoms with E-state index in [0.29, 0.717) is 6.04 Å². The van der Waals surface area contributed by atoms with Crippen molar-refractivity contribution in [2.24, 2.45) is 0 Å². The molecule has 1 N–H and O–H groups in total. The maximum atomic E-state index is 5.01. The number of nitrogens with zero attached hydrogens (tertiary/aromatic N) is 3. The van der Waals surface area contributed by atoms with Gasteiger partial charge in [-0.3, -0.25) is 0 Å². The molecule has 1 aromatic heterocycles. The van der Waals surface area contributed by atoms with Crippen molar-refractivity contribution in [1.82, 2.24) is 15.2 Å². The topological polar surface area (TPSA) is 31.4 Å². The first-order chi connectivity index (χ1) is 10.2. The van der Waals surface area contributed by atoms with E-state index in [0.717, 1.165) is 32.1 Å². The van der Waals surface area contributed by atoms with Gasteiger partial charge in [0.15, 0.2) is 5.13 Å². The Morgan fingerprint density at radius 1 is 1.33 bits per heavy atom. The second-order valence-electron chi connectivity index (χ2n) is 6.61. The fraction of sp³-hybridized carbons (Fsp3) is 0.812.